The van der Waals surface area contributed by atoms with Gasteiger partial charge < -0.3 is 9.47 Å². The van der Waals surface area contributed by atoms with E-state index in [4.69, 9.17) is 9.47 Å². The lowest BCUT2D eigenvalue weighted by Crippen LogP contribution is -2.34. The number of ether oxygens (including phenoxy) is 2. The zero-order valence-corrected chi connectivity index (χ0v) is 15.1. The van der Waals surface area contributed by atoms with Crippen molar-refractivity contribution in [3.63, 3.8) is 0 Å². The fraction of sp³-hybridized carbons (Fsp3) is 0.333. The van der Waals surface area contributed by atoms with Gasteiger partial charge in [-0.2, -0.15) is 21.6 Å². The number of hydrogen-bond donors (Lipinski definition) is 0. The molecule has 0 unspecified atom stereocenters. The number of alkyl halides is 3. The summed E-state index contributed by atoms with van der Waals surface area (Å²) in [7, 11) is -5.75. The highest BCUT2D eigenvalue weighted by Gasteiger charge is 2.48. The van der Waals surface area contributed by atoms with Crippen LogP contribution >= 0.6 is 0 Å². The Bertz CT molecular complexity index is 734. The van der Waals surface area contributed by atoms with Crippen LogP contribution in [-0.2, 0) is 37.0 Å². The van der Waals surface area contributed by atoms with Crippen LogP contribution in [0.2, 0.25) is 0 Å². The fourth-order valence-electron chi connectivity index (χ4n) is 2.10. The molecule has 2 aromatic carbocycles. The normalized spacial score (nSPS) is 12.4. The van der Waals surface area contributed by atoms with Crippen molar-refractivity contribution in [1.82, 2.24) is 0 Å². The summed E-state index contributed by atoms with van der Waals surface area (Å²) in [6, 6.07) is 17.8. The first-order chi connectivity index (χ1) is 12.8. The average Bonchev–Trinajstić information content (AvgIpc) is 2.62. The molecule has 148 valence electrons. The van der Waals surface area contributed by atoms with Gasteiger partial charge in [0.05, 0.1) is 26.4 Å². The number of halogens is 3. The maximum absolute atomic E-state index is 12.6. The van der Waals surface area contributed by atoms with Crippen LogP contribution in [0.15, 0.2) is 60.7 Å². The molecular formula is C18H19F3O5S. The molecule has 0 fully saturated rings. The van der Waals surface area contributed by atoms with Gasteiger partial charge in [0.1, 0.15) is 6.10 Å². The molecular weight excluding hydrogens is 385 g/mol. The first kappa shape index (κ1) is 21.4. The van der Waals surface area contributed by atoms with Crippen LogP contribution < -0.4 is 0 Å². The van der Waals surface area contributed by atoms with Crippen LogP contribution in [0, 0.1) is 0 Å². The molecule has 0 atom stereocenters. The molecule has 0 amide bonds. The van der Waals surface area contributed by atoms with E-state index in [1.165, 1.54) is 0 Å². The molecule has 0 heterocycles. The zero-order valence-electron chi connectivity index (χ0n) is 14.3. The van der Waals surface area contributed by atoms with Gasteiger partial charge >= 0.3 is 15.6 Å². The average molecular weight is 404 g/mol. The highest BCUT2D eigenvalue weighted by molar-refractivity contribution is 7.87. The van der Waals surface area contributed by atoms with Gasteiger partial charge in [-0.15, -0.1) is 0 Å². The van der Waals surface area contributed by atoms with Crippen LogP contribution in [0.25, 0.3) is 0 Å². The smallest absolute Gasteiger partial charge is 0.374 e. The third-order valence-electron chi connectivity index (χ3n) is 3.38. The van der Waals surface area contributed by atoms with Crippen molar-refractivity contribution in [3.05, 3.63) is 71.8 Å². The molecule has 0 aromatic heterocycles. The van der Waals surface area contributed by atoms with Crippen molar-refractivity contribution in [3.8, 4) is 0 Å². The van der Waals surface area contributed by atoms with Crippen molar-refractivity contribution < 1.29 is 35.2 Å². The van der Waals surface area contributed by atoms with Crippen LogP contribution in [0.4, 0.5) is 13.2 Å². The highest BCUT2D eigenvalue weighted by atomic mass is 32.2. The minimum Gasteiger partial charge on any atom is -0.374 e. The first-order valence-electron chi connectivity index (χ1n) is 8.01. The number of rotatable bonds is 10. The molecule has 0 aliphatic carbocycles. The van der Waals surface area contributed by atoms with E-state index in [0.29, 0.717) is 0 Å². The second-order valence-corrected chi connectivity index (χ2v) is 7.18. The summed E-state index contributed by atoms with van der Waals surface area (Å²) in [5.41, 5.74) is -3.93. The molecule has 0 aliphatic heterocycles. The topological polar surface area (TPSA) is 61.8 Å². The van der Waals surface area contributed by atoms with E-state index >= 15 is 0 Å². The highest BCUT2D eigenvalue weighted by Crippen LogP contribution is 2.26. The van der Waals surface area contributed by atoms with E-state index < -0.39 is 21.7 Å². The maximum Gasteiger partial charge on any atom is 0.523 e. The molecule has 27 heavy (non-hydrogen) atoms. The largest absolute Gasteiger partial charge is 0.523 e. The van der Waals surface area contributed by atoms with Crippen LogP contribution in [0.5, 0.6) is 0 Å². The molecule has 5 nitrogen and oxygen atoms in total. The van der Waals surface area contributed by atoms with Crippen LogP contribution in [0.3, 0.4) is 0 Å². The lowest BCUT2D eigenvalue weighted by Gasteiger charge is -2.19. The molecule has 0 aliphatic rings. The van der Waals surface area contributed by atoms with E-state index in [1.54, 1.807) is 48.5 Å². The molecule has 0 saturated heterocycles. The predicted octanol–water partition coefficient (Wildman–Crippen LogP) is 3.65. The molecule has 0 spiro atoms. The van der Waals surface area contributed by atoms with E-state index in [2.05, 4.69) is 4.18 Å². The third kappa shape index (κ3) is 7.30. The SMILES string of the molecule is O=S(=O)(OC(COCc1ccccc1)COCc1ccccc1)C(F)(F)F. The monoisotopic (exact) mass is 404 g/mol. The van der Waals surface area contributed by atoms with Crippen molar-refractivity contribution >= 4 is 10.1 Å². The lowest BCUT2D eigenvalue weighted by molar-refractivity contribution is -0.0687. The lowest BCUT2D eigenvalue weighted by atomic mass is 10.2. The van der Waals surface area contributed by atoms with Gasteiger partial charge in [0.15, 0.2) is 0 Å². The Morgan fingerprint density at radius 1 is 0.778 bits per heavy atom. The van der Waals surface area contributed by atoms with Gasteiger partial charge in [-0.25, -0.2) is 0 Å². The summed E-state index contributed by atoms with van der Waals surface area (Å²) < 4.78 is 75.1. The van der Waals surface area contributed by atoms with Gasteiger partial charge in [0.2, 0.25) is 0 Å². The molecule has 2 aromatic rings. The van der Waals surface area contributed by atoms with E-state index in [-0.39, 0.29) is 26.4 Å². The summed E-state index contributed by atoms with van der Waals surface area (Å²) in [6.07, 6.45) is -1.43. The summed E-state index contributed by atoms with van der Waals surface area (Å²) in [6.45, 7) is -0.547. The van der Waals surface area contributed by atoms with Crippen molar-refractivity contribution in [1.29, 1.82) is 0 Å². The summed E-state index contributed by atoms with van der Waals surface area (Å²) in [5.74, 6) is 0. The maximum atomic E-state index is 12.6. The molecule has 2 rings (SSSR count). The standard InChI is InChI=1S/C18H19F3O5S/c19-18(20,21)27(22,23)26-17(13-24-11-15-7-3-1-4-8-15)14-25-12-16-9-5-2-6-10-16/h1-10,17H,11-14H2. The summed E-state index contributed by atoms with van der Waals surface area (Å²) >= 11 is 0. The predicted molar refractivity (Wildman–Crippen MR) is 92.0 cm³/mol. The van der Waals surface area contributed by atoms with Crippen molar-refractivity contribution in [2.75, 3.05) is 13.2 Å². The molecule has 9 heteroatoms. The van der Waals surface area contributed by atoms with E-state index in [0.717, 1.165) is 11.1 Å². The van der Waals surface area contributed by atoms with Crippen molar-refractivity contribution in [2.24, 2.45) is 0 Å². The second kappa shape index (κ2) is 9.84. The Balaban J connectivity index is 1.92. The number of hydrogen-bond acceptors (Lipinski definition) is 5. The number of benzene rings is 2. The van der Waals surface area contributed by atoms with E-state index in [1.807, 2.05) is 12.1 Å². The first-order valence-corrected chi connectivity index (χ1v) is 9.41. The van der Waals surface area contributed by atoms with Gasteiger partial charge in [-0.1, -0.05) is 60.7 Å². The van der Waals surface area contributed by atoms with Crippen LogP contribution in [-0.4, -0.2) is 33.2 Å². The Morgan fingerprint density at radius 3 is 1.56 bits per heavy atom. The second-order valence-electron chi connectivity index (χ2n) is 5.62. The minimum absolute atomic E-state index is 0.103. The minimum atomic E-state index is -5.75. The van der Waals surface area contributed by atoms with Crippen LogP contribution in [0.1, 0.15) is 11.1 Å². The molecule has 0 N–H and O–H groups in total. The molecule has 0 saturated carbocycles. The van der Waals surface area contributed by atoms with Gasteiger partial charge in [-0.3, -0.25) is 4.18 Å². The van der Waals surface area contributed by atoms with E-state index in [9.17, 15) is 21.6 Å². The Kier molecular flexibility index (Phi) is 7.78. The Labute approximate surface area is 155 Å². The molecule has 0 bridgehead atoms. The third-order valence-corrected chi connectivity index (χ3v) is 4.47. The van der Waals surface area contributed by atoms with Gasteiger partial charge in [-0.05, 0) is 11.1 Å². The Hall–Kier alpha value is -1.94. The summed E-state index contributed by atoms with van der Waals surface area (Å²) in [5, 5.41) is 0. The fourth-order valence-corrected chi connectivity index (χ4v) is 2.68. The quantitative estimate of drug-likeness (QED) is 0.447. The van der Waals surface area contributed by atoms with Crippen molar-refractivity contribution in [2.45, 2.75) is 24.8 Å². The zero-order chi connectivity index (χ0) is 19.8. The molecule has 0 radical (unpaired) electrons. The summed E-state index contributed by atoms with van der Waals surface area (Å²) in [4.78, 5) is 0. The Morgan fingerprint density at radius 2 is 1.19 bits per heavy atom. The van der Waals surface area contributed by atoms with Gasteiger partial charge in [0.25, 0.3) is 0 Å². The van der Waals surface area contributed by atoms with Gasteiger partial charge in [0, 0.05) is 0 Å².